The largest absolute Gasteiger partial charge is 0.460 e. The van der Waals surface area contributed by atoms with E-state index in [1.54, 1.807) is 0 Å². The van der Waals surface area contributed by atoms with Crippen molar-refractivity contribution in [3.05, 3.63) is 46.0 Å². The maximum absolute atomic E-state index is 13.0. The molecule has 0 saturated heterocycles. The first-order chi connectivity index (χ1) is 18.4. The average molecular weight is 778 g/mol. The lowest BCUT2D eigenvalue weighted by Crippen LogP contribution is -2.74. The molecule has 0 bridgehead atoms. The number of hydrogen-bond acceptors (Lipinski definition) is 2. The number of fused-ring (bicyclic) bond motifs is 4. The number of benzene rings is 2. The van der Waals surface area contributed by atoms with Crippen LogP contribution in [-0.4, -0.2) is 59.9 Å². The van der Waals surface area contributed by atoms with Gasteiger partial charge in [0.1, 0.15) is 0 Å². The molecule has 0 aliphatic heterocycles. The molecule has 238 valence electrons. The Balaban J connectivity index is 0.000000383. The van der Waals surface area contributed by atoms with Crippen LogP contribution < -0.4 is 0 Å². The summed E-state index contributed by atoms with van der Waals surface area (Å²) >= 11 is 2.40. The van der Waals surface area contributed by atoms with E-state index in [-0.39, 0.29) is 0 Å². The molecule has 1 N–H and O–H groups in total. The third-order valence-electron chi connectivity index (χ3n) is 5.52. The third kappa shape index (κ3) is 4.87. The van der Waals surface area contributed by atoms with E-state index < -0.39 is 57.1 Å². The summed E-state index contributed by atoms with van der Waals surface area (Å²) in [4.78, 5) is 0. The fourth-order valence-corrected chi connectivity index (χ4v) is 4.45. The fourth-order valence-electron chi connectivity index (χ4n) is 3.21. The Labute approximate surface area is 235 Å². The standard InChI is InChI=1S/C12H7I.C8HF17O3S/c13-11-7-3-6-10-8-4-1-2-5-9(8)12(10)11;9-1(10,3(13,14)5(17,18)7(21,22)23)2(11,12)4(15,16)6(19,20)8(24,25)29(26,27)28/h1-7H;(H,26,27,28). The molecule has 22 heteroatoms. The van der Waals surface area contributed by atoms with Crippen LogP contribution in [0.4, 0.5) is 74.6 Å². The Kier molecular flexibility index (Phi) is 8.79. The summed E-state index contributed by atoms with van der Waals surface area (Å²) in [5.74, 6) is -52.0. The van der Waals surface area contributed by atoms with Crippen molar-refractivity contribution in [2.75, 3.05) is 0 Å². The van der Waals surface area contributed by atoms with Crippen LogP contribution in [-0.2, 0) is 10.1 Å². The lowest BCUT2D eigenvalue weighted by atomic mass is 9.81. The summed E-state index contributed by atoms with van der Waals surface area (Å²) < 4.78 is 244. The Hall–Kier alpha value is -2.11. The number of hydrogen-bond donors (Lipinski definition) is 1. The van der Waals surface area contributed by atoms with Crippen LogP contribution >= 0.6 is 22.6 Å². The van der Waals surface area contributed by atoms with Gasteiger partial charge in [-0.25, -0.2) is 0 Å². The number of rotatable bonds is 7. The molecular weight excluding hydrogens is 770 g/mol. The highest BCUT2D eigenvalue weighted by Gasteiger charge is 2.96. The minimum absolute atomic E-state index is 1.36. The van der Waals surface area contributed by atoms with Crippen LogP contribution in [0.25, 0.3) is 22.3 Å². The topological polar surface area (TPSA) is 54.4 Å². The SMILES string of the molecule is Ic1cccc2c1-c1ccccc1-2.O=S(=O)(O)C(F)(F)C(F)(F)C(F)(F)C(F)(F)C(F)(F)C(F)(F)C(F)(F)C(F)(F)F. The van der Waals surface area contributed by atoms with Gasteiger partial charge in [0.25, 0.3) is 0 Å². The molecule has 0 amide bonds. The molecule has 0 radical (unpaired) electrons. The van der Waals surface area contributed by atoms with Crippen LogP contribution in [0.2, 0.25) is 0 Å². The predicted octanol–water partition coefficient (Wildman–Crippen LogP) is 8.78. The molecule has 0 unspecified atom stereocenters. The van der Waals surface area contributed by atoms with Gasteiger partial charge in [0.15, 0.2) is 0 Å². The van der Waals surface area contributed by atoms with Gasteiger partial charge >= 0.3 is 57.1 Å². The summed E-state index contributed by atoms with van der Waals surface area (Å²) in [6.07, 6.45) is -7.88. The van der Waals surface area contributed by atoms with Gasteiger partial charge in [-0.15, -0.1) is 0 Å². The molecule has 1 aliphatic rings. The Morgan fingerprint density at radius 2 is 0.857 bits per heavy atom. The van der Waals surface area contributed by atoms with Crippen LogP contribution in [0.1, 0.15) is 0 Å². The van der Waals surface area contributed by atoms with Gasteiger partial charge < -0.3 is 0 Å². The van der Waals surface area contributed by atoms with Crippen LogP contribution in [0.3, 0.4) is 0 Å². The van der Waals surface area contributed by atoms with Crippen molar-refractivity contribution in [3.63, 3.8) is 0 Å². The monoisotopic (exact) mass is 778 g/mol. The van der Waals surface area contributed by atoms with Gasteiger partial charge in [-0.1, -0.05) is 36.4 Å². The van der Waals surface area contributed by atoms with E-state index in [9.17, 15) is 83.1 Å². The van der Waals surface area contributed by atoms with E-state index >= 15 is 0 Å². The number of alkyl halides is 17. The van der Waals surface area contributed by atoms with Gasteiger partial charge in [-0.3, -0.25) is 4.55 Å². The maximum Gasteiger partial charge on any atom is 0.460 e. The third-order valence-corrected chi connectivity index (χ3v) is 7.32. The first kappa shape index (κ1) is 36.1. The van der Waals surface area contributed by atoms with Crippen molar-refractivity contribution < 1.29 is 87.6 Å². The van der Waals surface area contributed by atoms with Crippen molar-refractivity contribution >= 4 is 32.7 Å². The predicted molar refractivity (Wildman–Crippen MR) is 116 cm³/mol. The molecule has 0 aromatic heterocycles. The summed E-state index contributed by atoms with van der Waals surface area (Å²) in [6.45, 7) is 0. The lowest BCUT2D eigenvalue weighted by Gasteiger charge is -2.42. The molecule has 0 heterocycles. The van der Waals surface area contributed by atoms with Crippen molar-refractivity contribution in [3.8, 4) is 22.3 Å². The second kappa shape index (κ2) is 10.2. The van der Waals surface area contributed by atoms with Crippen LogP contribution in [0.5, 0.6) is 0 Å². The zero-order valence-electron chi connectivity index (χ0n) is 19.0. The lowest BCUT2D eigenvalue weighted by molar-refractivity contribution is -0.458. The zero-order chi connectivity index (χ0) is 33.3. The van der Waals surface area contributed by atoms with Crippen molar-refractivity contribution in [2.45, 2.75) is 47.0 Å². The molecule has 0 atom stereocenters. The molecule has 42 heavy (non-hydrogen) atoms. The van der Waals surface area contributed by atoms with Gasteiger partial charge in [0.05, 0.1) is 0 Å². The number of halogens is 18. The highest BCUT2D eigenvalue weighted by molar-refractivity contribution is 14.1. The Morgan fingerprint density at radius 1 is 0.500 bits per heavy atom. The molecule has 0 spiro atoms. The van der Waals surface area contributed by atoms with Crippen molar-refractivity contribution in [2.24, 2.45) is 0 Å². The van der Waals surface area contributed by atoms with E-state index in [0.29, 0.717) is 0 Å². The van der Waals surface area contributed by atoms with E-state index in [2.05, 4.69) is 65.1 Å². The zero-order valence-corrected chi connectivity index (χ0v) is 22.0. The van der Waals surface area contributed by atoms with Gasteiger partial charge in [-0.05, 0) is 45.3 Å². The van der Waals surface area contributed by atoms with Gasteiger partial charge in [-0.2, -0.15) is 83.1 Å². The Bertz CT molecular complexity index is 1450. The quantitative estimate of drug-likeness (QED) is 0.148. The first-order valence-electron chi connectivity index (χ1n) is 9.94. The fraction of sp³-hybridized carbons (Fsp3) is 0.400. The van der Waals surface area contributed by atoms with Crippen LogP contribution in [0.15, 0.2) is 42.5 Å². The summed E-state index contributed by atoms with van der Waals surface area (Å²) in [7, 11) is -7.89. The van der Waals surface area contributed by atoms with E-state index in [0.717, 1.165) is 0 Å². The second-order valence-corrected chi connectivity index (χ2v) is 10.8. The van der Waals surface area contributed by atoms with E-state index in [1.165, 1.54) is 25.8 Å². The van der Waals surface area contributed by atoms with Crippen molar-refractivity contribution in [1.29, 1.82) is 0 Å². The highest BCUT2D eigenvalue weighted by atomic mass is 127. The molecule has 3 rings (SSSR count). The van der Waals surface area contributed by atoms with Gasteiger partial charge in [0, 0.05) is 9.13 Å². The first-order valence-corrected chi connectivity index (χ1v) is 12.5. The summed E-state index contributed by atoms with van der Waals surface area (Å²) in [5, 5.41) is -7.84. The smallest absolute Gasteiger partial charge is 0.281 e. The minimum Gasteiger partial charge on any atom is -0.281 e. The van der Waals surface area contributed by atoms with Gasteiger partial charge in [0.2, 0.25) is 0 Å². The van der Waals surface area contributed by atoms with E-state index in [4.69, 9.17) is 4.55 Å². The average Bonchev–Trinajstić information content (AvgIpc) is 2.80. The van der Waals surface area contributed by atoms with Crippen LogP contribution in [0, 0.1) is 3.57 Å². The molecule has 0 saturated carbocycles. The molecular formula is C20H8F17IO3S. The summed E-state index contributed by atoms with van der Waals surface area (Å²) in [5.41, 5.74) is 5.64. The molecule has 0 fully saturated rings. The molecule has 3 nitrogen and oxygen atoms in total. The minimum atomic E-state index is -8.89. The second-order valence-electron chi connectivity index (χ2n) is 8.14. The molecule has 2 aromatic carbocycles. The van der Waals surface area contributed by atoms with E-state index in [1.807, 2.05) is 0 Å². The normalized spacial score (nSPS) is 15.2. The maximum atomic E-state index is 13.0. The highest BCUT2D eigenvalue weighted by Crippen LogP contribution is 2.64. The molecule has 2 aromatic rings. The Morgan fingerprint density at radius 3 is 1.26 bits per heavy atom. The van der Waals surface area contributed by atoms with Crippen molar-refractivity contribution in [1.82, 2.24) is 0 Å². The summed E-state index contributed by atoms with van der Waals surface area (Å²) in [6, 6.07) is 15.1. The molecule has 1 aliphatic carbocycles.